The minimum atomic E-state index is 0.123. The van der Waals surface area contributed by atoms with Crippen LogP contribution in [0.1, 0.15) is 6.92 Å². The van der Waals surface area contributed by atoms with Gasteiger partial charge in [-0.15, -0.1) is 11.3 Å². The predicted molar refractivity (Wildman–Crippen MR) is 103 cm³/mol. The fraction of sp³-hybridized carbons (Fsp3) is 0.263. The number of thiophene rings is 1. The fourth-order valence-electron chi connectivity index (χ4n) is 3.09. The summed E-state index contributed by atoms with van der Waals surface area (Å²) < 4.78 is 0. The first kappa shape index (κ1) is 16.7. The highest BCUT2D eigenvalue weighted by Gasteiger charge is 2.22. The van der Waals surface area contributed by atoms with Gasteiger partial charge in [0.05, 0.1) is 10.6 Å². The number of hydrogen-bond acceptors (Lipinski definition) is 6. The molecule has 0 spiro atoms. The van der Waals surface area contributed by atoms with E-state index in [-0.39, 0.29) is 5.91 Å². The van der Waals surface area contributed by atoms with Gasteiger partial charge in [-0.25, -0.2) is 9.97 Å². The Morgan fingerprint density at radius 1 is 1.12 bits per heavy atom. The third-order valence-electron chi connectivity index (χ3n) is 4.53. The van der Waals surface area contributed by atoms with Crippen molar-refractivity contribution in [3.8, 4) is 21.7 Å². The molecule has 0 saturated carbocycles. The molecule has 7 heteroatoms. The number of amides is 1. The van der Waals surface area contributed by atoms with Crippen molar-refractivity contribution in [3.63, 3.8) is 0 Å². The fourth-order valence-corrected chi connectivity index (χ4v) is 3.82. The van der Waals surface area contributed by atoms with Crippen molar-refractivity contribution in [2.75, 3.05) is 31.1 Å². The zero-order chi connectivity index (χ0) is 17.9. The van der Waals surface area contributed by atoms with Crippen molar-refractivity contribution in [2.24, 2.45) is 0 Å². The smallest absolute Gasteiger partial charge is 0.226 e. The third kappa shape index (κ3) is 3.30. The van der Waals surface area contributed by atoms with E-state index in [1.54, 1.807) is 30.7 Å². The minimum Gasteiger partial charge on any atom is -0.339 e. The van der Waals surface area contributed by atoms with E-state index in [9.17, 15) is 4.79 Å². The van der Waals surface area contributed by atoms with Crippen molar-refractivity contribution in [1.82, 2.24) is 19.9 Å². The van der Waals surface area contributed by atoms with Crippen LogP contribution in [-0.4, -0.2) is 51.9 Å². The lowest BCUT2D eigenvalue weighted by atomic mass is 10.1. The van der Waals surface area contributed by atoms with Gasteiger partial charge in [-0.05, 0) is 29.1 Å². The number of nitrogens with zero attached hydrogens (tertiary/aromatic N) is 5. The Morgan fingerprint density at radius 3 is 2.54 bits per heavy atom. The highest BCUT2D eigenvalue weighted by atomic mass is 32.1. The highest BCUT2D eigenvalue weighted by Crippen LogP contribution is 2.33. The van der Waals surface area contributed by atoms with E-state index in [4.69, 9.17) is 4.98 Å². The number of rotatable bonds is 3. The maximum atomic E-state index is 11.5. The number of carbonyl (C=O) groups excluding carboxylic acids is 1. The van der Waals surface area contributed by atoms with Gasteiger partial charge in [0.1, 0.15) is 0 Å². The van der Waals surface area contributed by atoms with Gasteiger partial charge in [0.2, 0.25) is 11.9 Å². The van der Waals surface area contributed by atoms with Gasteiger partial charge in [0.15, 0.2) is 0 Å². The standard InChI is InChI=1S/C19H19N5OS/c1-14(25)23-8-10-24(11-9-23)19-21-13-16(15-4-6-20-7-5-15)18(22-19)17-3-2-12-26-17/h2-7,12-13H,8-11H2,1H3. The topological polar surface area (TPSA) is 62.2 Å². The lowest BCUT2D eigenvalue weighted by Crippen LogP contribution is -2.48. The average Bonchev–Trinajstić information content (AvgIpc) is 3.23. The molecule has 0 radical (unpaired) electrons. The largest absolute Gasteiger partial charge is 0.339 e. The van der Waals surface area contributed by atoms with E-state index in [1.165, 1.54) is 0 Å². The molecule has 132 valence electrons. The Bertz CT molecular complexity index is 890. The van der Waals surface area contributed by atoms with Crippen molar-refractivity contribution in [2.45, 2.75) is 6.92 Å². The molecule has 0 bridgehead atoms. The van der Waals surface area contributed by atoms with E-state index in [0.29, 0.717) is 13.1 Å². The van der Waals surface area contributed by atoms with Gasteiger partial charge < -0.3 is 9.80 Å². The van der Waals surface area contributed by atoms with Crippen LogP contribution >= 0.6 is 11.3 Å². The molecule has 4 rings (SSSR count). The van der Waals surface area contributed by atoms with Crippen LogP contribution in [0.15, 0.2) is 48.2 Å². The summed E-state index contributed by atoms with van der Waals surface area (Å²) in [6, 6.07) is 8.06. The molecule has 4 heterocycles. The monoisotopic (exact) mass is 365 g/mol. The molecule has 1 fully saturated rings. The molecule has 26 heavy (non-hydrogen) atoms. The number of hydrogen-bond donors (Lipinski definition) is 0. The summed E-state index contributed by atoms with van der Waals surface area (Å²) in [7, 11) is 0. The number of piperazine rings is 1. The Hall–Kier alpha value is -2.80. The lowest BCUT2D eigenvalue weighted by Gasteiger charge is -2.34. The molecule has 0 aliphatic carbocycles. The zero-order valence-electron chi connectivity index (χ0n) is 14.5. The van der Waals surface area contributed by atoms with Crippen LogP contribution in [-0.2, 0) is 4.79 Å². The van der Waals surface area contributed by atoms with E-state index in [1.807, 2.05) is 29.3 Å². The van der Waals surface area contributed by atoms with Crippen molar-refractivity contribution >= 4 is 23.2 Å². The second kappa shape index (κ2) is 7.21. The Morgan fingerprint density at radius 2 is 1.88 bits per heavy atom. The second-order valence-electron chi connectivity index (χ2n) is 6.14. The molecular formula is C19H19N5OS. The molecule has 1 amide bonds. The van der Waals surface area contributed by atoms with Crippen LogP contribution < -0.4 is 4.90 Å². The molecule has 3 aromatic rings. The first-order valence-corrected chi connectivity index (χ1v) is 9.42. The first-order chi connectivity index (χ1) is 12.7. The van der Waals surface area contributed by atoms with Crippen LogP contribution in [0.4, 0.5) is 5.95 Å². The molecule has 1 saturated heterocycles. The summed E-state index contributed by atoms with van der Waals surface area (Å²) >= 11 is 1.67. The summed E-state index contributed by atoms with van der Waals surface area (Å²) in [4.78, 5) is 30.2. The Balaban J connectivity index is 1.68. The summed E-state index contributed by atoms with van der Waals surface area (Å²) in [5.74, 6) is 0.840. The minimum absolute atomic E-state index is 0.123. The predicted octanol–water partition coefficient (Wildman–Crippen LogP) is 2.94. The van der Waals surface area contributed by atoms with Crippen LogP contribution in [0.3, 0.4) is 0 Å². The van der Waals surface area contributed by atoms with Crippen LogP contribution in [0.25, 0.3) is 21.7 Å². The molecule has 3 aromatic heterocycles. The molecule has 0 unspecified atom stereocenters. The Labute approximate surface area is 156 Å². The van der Waals surface area contributed by atoms with Crippen molar-refractivity contribution < 1.29 is 4.79 Å². The molecule has 6 nitrogen and oxygen atoms in total. The highest BCUT2D eigenvalue weighted by molar-refractivity contribution is 7.13. The number of pyridine rings is 1. The van der Waals surface area contributed by atoms with Gasteiger partial charge in [-0.1, -0.05) is 6.07 Å². The normalized spacial score (nSPS) is 14.5. The zero-order valence-corrected chi connectivity index (χ0v) is 15.3. The van der Waals surface area contributed by atoms with Crippen LogP contribution in [0.2, 0.25) is 0 Å². The van der Waals surface area contributed by atoms with Gasteiger partial charge in [0, 0.05) is 57.3 Å². The molecule has 1 aliphatic rings. The third-order valence-corrected chi connectivity index (χ3v) is 5.41. The van der Waals surface area contributed by atoms with Gasteiger partial charge in [-0.2, -0.15) is 0 Å². The van der Waals surface area contributed by atoms with E-state index < -0.39 is 0 Å². The Kier molecular flexibility index (Phi) is 4.62. The van der Waals surface area contributed by atoms with Crippen LogP contribution in [0, 0.1) is 0 Å². The SMILES string of the molecule is CC(=O)N1CCN(c2ncc(-c3ccncc3)c(-c3cccs3)n2)CC1. The number of anilines is 1. The molecule has 1 aliphatic heterocycles. The second-order valence-corrected chi connectivity index (χ2v) is 7.09. The van der Waals surface area contributed by atoms with Crippen LogP contribution in [0.5, 0.6) is 0 Å². The van der Waals surface area contributed by atoms with E-state index in [2.05, 4.69) is 26.3 Å². The number of carbonyl (C=O) groups is 1. The summed E-state index contributed by atoms with van der Waals surface area (Å²) in [5.41, 5.74) is 2.99. The molecule has 0 N–H and O–H groups in total. The average molecular weight is 365 g/mol. The lowest BCUT2D eigenvalue weighted by molar-refractivity contribution is -0.129. The quantitative estimate of drug-likeness (QED) is 0.714. The summed E-state index contributed by atoms with van der Waals surface area (Å²) in [5, 5.41) is 2.05. The van der Waals surface area contributed by atoms with Gasteiger partial charge >= 0.3 is 0 Å². The van der Waals surface area contributed by atoms with Crippen molar-refractivity contribution in [3.05, 3.63) is 48.2 Å². The maximum Gasteiger partial charge on any atom is 0.226 e. The molecular weight excluding hydrogens is 346 g/mol. The van der Waals surface area contributed by atoms with E-state index in [0.717, 1.165) is 40.7 Å². The van der Waals surface area contributed by atoms with Crippen molar-refractivity contribution in [1.29, 1.82) is 0 Å². The van der Waals surface area contributed by atoms with E-state index >= 15 is 0 Å². The summed E-state index contributed by atoms with van der Waals surface area (Å²) in [6.45, 7) is 4.53. The number of aromatic nitrogens is 3. The molecule has 0 atom stereocenters. The first-order valence-electron chi connectivity index (χ1n) is 8.54. The maximum absolute atomic E-state index is 11.5. The summed E-state index contributed by atoms with van der Waals surface area (Å²) in [6.07, 6.45) is 5.45. The molecule has 0 aromatic carbocycles. The van der Waals surface area contributed by atoms with Gasteiger partial charge in [0.25, 0.3) is 0 Å². The van der Waals surface area contributed by atoms with Gasteiger partial charge in [-0.3, -0.25) is 9.78 Å².